The first kappa shape index (κ1) is 15.3. The van der Waals surface area contributed by atoms with Crippen LogP contribution in [-0.4, -0.2) is 16.5 Å². The number of aromatic nitrogens is 2. The molecule has 0 radical (unpaired) electrons. The molecule has 4 heteroatoms. The molecule has 0 atom stereocenters. The molecule has 2 rings (SSSR count). The molecule has 0 saturated carbocycles. The first-order chi connectivity index (χ1) is 10.2. The lowest BCUT2D eigenvalue weighted by molar-refractivity contribution is 0.833. The van der Waals surface area contributed by atoms with E-state index in [1.165, 1.54) is 11.1 Å². The Balaban J connectivity index is 2.13. The van der Waals surface area contributed by atoms with Crippen LogP contribution in [0.5, 0.6) is 0 Å². The quantitative estimate of drug-likeness (QED) is 0.812. The van der Waals surface area contributed by atoms with Crippen molar-refractivity contribution in [2.45, 2.75) is 40.2 Å². The average molecular weight is 284 g/mol. The summed E-state index contributed by atoms with van der Waals surface area (Å²) in [7, 11) is 0. The van der Waals surface area contributed by atoms with E-state index in [2.05, 4.69) is 65.6 Å². The first-order valence-corrected chi connectivity index (χ1v) is 7.63. The summed E-state index contributed by atoms with van der Waals surface area (Å²) < 4.78 is 0. The van der Waals surface area contributed by atoms with Crippen LogP contribution in [0.2, 0.25) is 0 Å². The third-order valence-corrected chi connectivity index (χ3v) is 3.33. The molecular weight excluding hydrogens is 260 g/mol. The Morgan fingerprint density at radius 1 is 1.00 bits per heavy atom. The van der Waals surface area contributed by atoms with Crippen molar-refractivity contribution < 1.29 is 0 Å². The van der Waals surface area contributed by atoms with Crippen LogP contribution >= 0.6 is 0 Å². The van der Waals surface area contributed by atoms with E-state index < -0.39 is 0 Å². The fraction of sp³-hybridized carbons (Fsp3) is 0.412. The minimum Gasteiger partial charge on any atom is -0.370 e. The van der Waals surface area contributed by atoms with Crippen LogP contribution in [-0.2, 0) is 13.0 Å². The number of aryl methyl sites for hydroxylation is 2. The summed E-state index contributed by atoms with van der Waals surface area (Å²) in [4.78, 5) is 9.11. The minimum atomic E-state index is 0.779. The van der Waals surface area contributed by atoms with Gasteiger partial charge in [0, 0.05) is 25.6 Å². The summed E-state index contributed by atoms with van der Waals surface area (Å²) in [6, 6.07) is 10.4. The molecule has 0 aliphatic rings. The molecule has 4 nitrogen and oxygen atoms in total. The van der Waals surface area contributed by atoms with Crippen molar-refractivity contribution >= 4 is 11.6 Å². The molecule has 0 amide bonds. The van der Waals surface area contributed by atoms with Gasteiger partial charge in [0.1, 0.15) is 17.5 Å². The molecule has 0 bridgehead atoms. The second-order valence-electron chi connectivity index (χ2n) is 5.12. The van der Waals surface area contributed by atoms with Crippen LogP contribution in [0.3, 0.4) is 0 Å². The molecule has 1 heterocycles. The number of rotatable bonds is 7. The van der Waals surface area contributed by atoms with E-state index in [-0.39, 0.29) is 0 Å². The maximum atomic E-state index is 4.59. The zero-order chi connectivity index (χ0) is 15.1. The van der Waals surface area contributed by atoms with Gasteiger partial charge in [-0.1, -0.05) is 31.2 Å². The molecule has 1 aromatic carbocycles. The number of benzene rings is 1. The summed E-state index contributed by atoms with van der Waals surface area (Å²) >= 11 is 0. The van der Waals surface area contributed by atoms with Gasteiger partial charge >= 0.3 is 0 Å². The van der Waals surface area contributed by atoms with Crippen molar-refractivity contribution in [2.75, 3.05) is 17.2 Å². The Kier molecular flexibility index (Phi) is 5.55. The van der Waals surface area contributed by atoms with Gasteiger partial charge in [-0.25, -0.2) is 9.97 Å². The highest BCUT2D eigenvalue weighted by molar-refractivity contribution is 5.48. The number of nitrogens with one attached hydrogen (secondary N) is 2. The molecule has 0 aliphatic heterocycles. The van der Waals surface area contributed by atoms with E-state index >= 15 is 0 Å². The highest BCUT2D eigenvalue weighted by Gasteiger charge is 2.04. The third-order valence-electron chi connectivity index (χ3n) is 3.33. The maximum Gasteiger partial charge on any atom is 0.133 e. The van der Waals surface area contributed by atoms with Crippen LogP contribution in [0.25, 0.3) is 0 Å². The SMILES string of the molecule is CCCc1nc(NCC)cc(NCc2ccccc2C)n1. The van der Waals surface area contributed by atoms with Crippen LogP contribution in [0, 0.1) is 6.92 Å². The fourth-order valence-electron chi connectivity index (χ4n) is 2.19. The number of hydrogen-bond acceptors (Lipinski definition) is 4. The predicted octanol–water partition coefficient (Wildman–Crippen LogP) is 3.78. The molecule has 0 unspecified atom stereocenters. The van der Waals surface area contributed by atoms with Crippen LogP contribution in [0.15, 0.2) is 30.3 Å². The van der Waals surface area contributed by atoms with E-state index in [1.54, 1.807) is 0 Å². The lowest BCUT2D eigenvalue weighted by Crippen LogP contribution is -2.08. The molecule has 21 heavy (non-hydrogen) atoms. The van der Waals surface area contributed by atoms with E-state index in [0.29, 0.717) is 0 Å². The summed E-state index contributed by atoms with van der Waals surface area (Å²) in [5.41, 5.74) is 2.58. The van der Waals surface area contributed by atoms with Gasteiger partial charge in [0.05, 0.1) is 0 Å². The van der Waals surface area contributed by atoms with Crippen LogP contribution in [0.1, 0.15) is 37.2 Å². The smallest absolute Gasteiger partial charge is 0.133 e. The predicted molar refractivity (Wildman–Crippen MR) is 88.7 cm³/mol. The number of anilines is 2. The van der Waals surface area contributed by atoms with Crippen LogP contribution < -0.4 is 10.6 Å². The summed E-state index contributed by atoms with van der Waals surface area (Å²) in [5.74, 6) is 2.67. The van der Waals surface area contributed by atoms with E-state index in [4.69, 9.17) is 0 Å². The second-order valence-corrected chi connectivity index (χ2v) is 5.12. The van der Waals surface area contributed by atoms with Crippen molar-refractivity contribution in [1.82, 2.24) is 9.97 Å². The Morgan fingerprint density at radius 3 is 2.38 bits per heavy atom. The van der Waals surface area contributed by atoms with Gasteiger partial charge in [-0.15, -0.1) is 0 Å². The summed E-state index contributed by atoms with van der Waals surface area (Å²) in [5, 5.41) is 6.67. The lowest BCUT2D eigenvalue weighted by atomic mass is 10.1. The van der Waals surface area contributed by atoms with Crippen LogP contribution in [0.4, 0.5) is 11.6 Å². The first-order valence-electron chi connectivity index (χ1n) is 7.63. The van der Waals surface area contributed by atoms with E-state index in [1.807, 2.05) is 6.07 Å². The molecule has 2 N–H and O–H groups in total. The van der Waals surface area contributed by atoms with Gasteiger partial charge in [0.15, 0.2) is 0 Å². The molecule has 0 fully saturated rings. The summed E-state index contributed by atoms with van der Waals surface area (Å²) in [6.07, 6.45) is 1.95. The largest absolute Gasteiger partial charge is 0.370 e. The topological polar surface area (TPSA) is 49.8 Å². The molecular formula is C17H24N4. The van der Waals surface area contributed by atoms with Gasteiger partial charge < -0.3 is 10.6 Å². The highest BCUT2D eigenvalue weighted by Crippen LogP contribution is 2.15. The third kappa shape index (κ3) is 4.45. The summed E-state index contributed by atoms with van der Waals surface area (Å²) in [6.45, 7) is 7.98. The second kappa shape index (κ2) is 7.62. The molecule has 0 aliphatic carbocycles. The number of nitrogens with zero attached hydrogens (tertiary/aromatic N) is 2. The minimum absolute atomic E-state index is 0.779. The van der Waals surface area contributed by atoms with Gasteiger partial charge in [-0.2, -0.15) is 0 Å². The van der Waals surface area contributed by atoms with Crippen molar-refractivity contribution in [1.29, 1.82) is 0 Å². The van der Waals surface area contributed by atoms with Gasteiger partial charge in [0.2, 0.25) is 0 Å². The standard InChI is InChI=1S/C17H24N4/c1-4-8-15-20-16(18-5-2)11-17(21-15)19-12-14-10-7-6-9-13(14)3/h6-7,9-11H,4-5,8,12H2,1-3H3,(H2,18,19,20,21). The fourth-order valence-corrected chi connectivity index (χ4v) is 2.19. The molecule has 2 aromatic rings. The van der Waals surface area contributed by atoms with Crippen molar-refractivity contribution in [2.24, 2.45) is 0 Å². The lowest BCUT2D eigenvalue weighted by Gasteiger charge is -2.11. The zero-order valence-corrected chi connectivity index (χ0v) is 13.1. The van der Waals surface area contributed by atoms with Gasteiger partial charge in [0.25, 0.3) is 0 Å². The Bertz CT molecular complexity index is 557. The highest BCUT2D eigenvalue weighted by atomic mass is 15.1. The molecule has 0 spiro atoms. The Morgan fingerprint density at radius 2 is 1.71 bits per heavy atom. The van der Waals surface area contributed by atoms with E-state index in [9.17, 15) is 0 Å². The van der Waals surface area contributed by atoms with Gasteiger partial charge in [-0.05, 0) is 31.4 Å². The van der Waals surface area contributed by atoms with Crippen molar-refractivity contribution in [3.05, 3.63) is 47.3 Å². The normalized spacial score (nSPS) is 10.4. The Labute approximate surface area is 127 Å². The van der Waals surface area contributed by atoms with Crippen molar-refractivity contribution in [3.8, 4) is 0 Å². The monoisotopic (exact) mass is 284 g/mol. The molecule has 1 aromatic heterocycles. The molecule has 0 saturated heterocycles. The van der Waals surface area contributed by atoms with E-state index in [0.717, 1.165) is 43.4 Å². The van der Waals surface area contributed by atoms with Crippen molar-refractivity contribution in [3.63, 3.8) is 0 Å². The Hall–Kier alpha value is -2.10. The molecule has 112 valence electrons. The zero-order valence-electron chi connectivity index (χ0n) is 13.1. The van der Waals surface area contributed by atoms with Gasteiger partial charge in [-0.3, -0.25) is 0 Å². The maximum absolute atomic E-state index is 4.59. The number of hydrogen-bond donors (Lipinski definition) is 2. The average Bonchev–Trinajstić information content (AvgIpc) is 2.47.